The Bertz CT molecular complexity index is 13.5. The van der Waals surface area contributed by atoms with Gasteiger partial charge in [0.05, 0.1) is 0 Å². The zero-order chi connectivity index (χ0) is 0. The molecule has 4 heteroatoms. The molecule has 0 aromatic heterocycles. The maximum Gasteiger partial charge on any atom is 1.00 e. The second-order valence-electron chi connectivity index (χ2n) is 0. The zero-order valence-electron chi connectivity index (χ0n) is 4.45. The Kier molecular flexibility index (Phi) is 105. The molecule has 0 aliphatic heterocycles. The van der Waals surface area contributed by atoms with E-state index in [1.807, 2.05) is 0 Å². The fourth-order valence-electron chi connectivity index (χ4n) is 0. The van der Waals surface area contributed by atoms with Crippen molar-refractivity contribution in [3.05, 3.63) is 0 Å². The molecule has 0 N–H and O–H groups in total. The van der Waals surface area contributed by atoms with Crippen LogP contribution in [0.4, 0.5) is 0 Å². The van der Waals surface area contributed by atoms with Gasteiger partial charge in [-0.05, 0) is 11.0 Å². The van der Waals surface area contributed by atoms with E-state index in [9.17, 15) is 0 Å². The number of rotatable bonds is 0. The smallest absolute Gasteiger partial charge is 1.00 e. The topological polar surface area (TPSA) is 0 Å². The van der Waals surface area contributed by atoms with Crippen molar-refractivity contribution in [2.75, 3.05) is 0 Å². The van der Waals surface area contributed by atoms with Crippen LogP contribution in [0, 0.1) is 0 Å². The van der Waals surface area contributed by atoms with Crippen molar-refractivity contribution in [1.82, 2.24) is 0 Å². The summed E-state index contributed by atoms with van der Waals surface area (Å²) in [7, 11) is 0. The normalized spacial score (nSPS) is 0. The van der Waals surface area contributed by atoms with E-state index in [1.165, 1.54) is 0 Å². The second kappa shape index (κ2) is 16.1. The summed E-state index contributed by atoms with van der Waals surface area (Å²) in [6.45, 7) is 0. The molecule has 0 aliphatic rings. The summed E-state index contributed by atoms with van der Waals surface area (Å²) in [5.74, 6) is 0. The van der Waals surface area contributed by atoms with Gasteiger partial charge in [0.25, 0.3) is 0 Å². The van der Waals surface area contributed by atoms with Crippen molar-refractivity contribution >= 4 is 11.0 Å². The average Bonchev–Trinajstić information content (AvgIpc) is 0. The van der Waals surface area contributed by atoms with Gasteiger partial charge < -0.3 is 2.85 Å². The van der Waals surface area contributed by atoms with Crippen LogP contribution in [0.5, 0.6) is 0 Å². The van der Waals surface area contributed by atoms with E-state index in [0.717, 1.165) is 0 Å². The Morgan fingerprint density at radius 1 is 1.25 bits per heavy atom. The summed E-state index contributed by atoms with van der Waals surface area (Å²) in [5.41, 5.74) is 0. The van der Waals surface area contributed by atoms with Crippen molar-refractivity contribution in [1.29, 1.82) is 0 Å². The molecule has 0 aromatic carbocycles. The third-order valence-corrected chi connectivity index (χ3v) is 0. The van der Waals surface area contributed by atoms with Gasteiger partial charge in [-0.2, -0.15) is 0 Å². The molecule has 0 amide bonds. The van der Waals surface area contributed by atoms with Crippen LogP contribution in [-0.2, 0) is 18.6 Å². The monoisotopic (exact) mass is 147 g/mol. The maximum atomic E-state index is 0. The molecule has 0 nitrogen and oxygen atoms in total. The van der Waals surface area contributed by atoms with Crippen LogP contribution < -0.4 is 80.9 Å². The summed E-state index contributed by atoms with van der Waals surface area (Å²) in [5, 5.41) is 0. The first-order valence-electron chi connectivity index (χ1n) is 0. The van der Waals surface area contributed by atoms with E-state index in [1.54, 1.807) is 0 Å². The Hall–Kier alpha value is 3.44. The number of hydrogen-bond acceptors (Lipinski definition) is 0. The van der Waals surface area contributed by atoms with E-state index >= 15 is 0 Å². The van der Waals surface area contributed by atoms with Gasteiger partial charge in [-0.1, -0.05) is 0 Å². The van der Waals surface area contributed by atoms with Crippen LogP contribution in [0.25, 0.3) is 0 Å². The van der Waals surface area contributed by atoms with Gasteiger partial charge >= 0.3 is 80.9 Å². The third-order valence-electron chi connectivity index (χ3n) is 0. The van der Waals surface area contributed by atoms with Crippen LogP contribution in [0.2, 0.25) is 0 Å². The molecule has 17 valence electrons. The molecular formula is H6KNaSiV. The van der Waals surface area contributed by atoms with Crippen molar-refractivity contribution in [2.24, 2.45) is 0 Å². The maximum absolute atomic E-state index is 0. The van der Waals surface area contributed by atoms with Crippen LogP contribution in [0.15, 0.2) is 0 Å². The van der Waals surface area contributed by atoms with E-state index < -0.39 is 0 Å². The van der Waals surface area contributed by atoms with Crippen molar-refractivity contribution in [2.45, 2.75) is 0 Å². The standard InChI is InChI=1S/K.Na.H4Si.V.2H/h;;1H4;;;/q2*+1;;;2*-1. The zero-order valence-corrected chi connectivity index (χ0v) is 8.97. The predicted octanol–water partition coefficient (Wildman–Crippen LogP) is -7.22. The van der Waals surface area contributed by atoms with Crippen LogP contribution >= 0.6 is 0 Å². The first-order valence-corrected chi connectivity index (χ1v) is 0. The Labute approximate surface area is 110 Å². The molecular weight excluding hydrogens is 141 g/mol. The molecule has 1 radical (unpaired) electrons. The molecule has 0 unspecified atom stereocenters. The minimum absolute atomic E-state index is 0. The van der Waals surface area contributed by atoms with E-state index in [0.29, 0.717) is 0 Å². The largest absolute Gasteiger partial charge is 1.00 e. The molecule has 0 rings (SSSR count). The molecule has 0 saturated heterocycles. The molecule has 0 spiro atoms. The van der Waals surface area contributed by atoms with Gasteiger partial charge in [-0.3, -0.25) is 0 Å². The molecule has 4 heavy (non-hydrogen) atoms. The first kappa shape index (κ1) is 26.1. The fourth-order valence-corrected chi connectivity index (χ4v) is 0. The van der Waals surface area contributed by atoms with Crippen LogP contribution in [0.1, 0.15) is 2.85 Å². The van der Waals surface area contributed by atoms with E-state index in [4.69, 9.17) is 0 Å². The predicted molar refractivity (Wildman–Crippen MR) is 13.6 cm³/mol. The van der Waals surface area contributed by atoms with Crippen LogP contribution in [0.3, 0.4) is 0 Å². The van der Waals surface area contributed by atoms with Gasteiger partial charge in [0.1, 0.15) is 0 Å². The molecule has 0 atom stereocenters. The van der Waals surface area contributed by atoms with Crippen molar-refractivity contribution in [3.63, 3.8) is 0 Å². The first-order chi connectivity index (χ1) is 0. The number of hydrogen-bond donors (Lipinski definition) is 0. The molecule has 0 saturated carbocycles. The molecule has 0 bridgehead atoms. The summed E-state index contributed by atoms with van der Waals surface area (Å²) in [4.78, 5) is 0. The Morgan fingerprint density at radius 2 is 1.25 bits per heavy atom. The van der Waals surface area contributed by atoms with Gasteiger partial charge in [0, 0.05) is 18.6 Å². The minimum atomic E-state index is 0. The molecule has 0 fully saturated rings. The van der Waals surface area contributed by atoms with Gasteiger partial charge in [-0.15, -0.1) is 0 Å². The van der Waals surface area contributed by atoms with Gasteiger partial charge in [0.2, 0.25) is 0 Å². The quantitative estimate of drug-likeness (QED) is 0.299. The Morgan fingerprint density at radius 3 is 1.25 bits per heavy atom. The SMILES string of the molecule is [H-].[H-].[K+].[Na+].[SiH4].[V]. The van der Waals surface area contributed by atoms with Crippen molar-refractivity contribution in [3.8, 4) is 0 Å². The fraction of sp³-hybridized carbons (Fsp3) is 0. The van der Waals surface area contributed by atoms with Crippen LogP contribution in [-0.4, -0.2) is 11.0 Å². The summed E-state index contributed by atoms with van der Waals surface area (Å²) >= 11 is 0. The third kappa shape index (κ3) is 9.06. The molecule has 0 aliphatic carbocycles. The minimum Gasteiger partial charge on any atom is -1.00 e. The van der Waals surface area contributed by atoms with Gasteiger partial charge in [-0.25, -0.2) is 0 Å². The Balaban J connectivity index is 0. The summed E-state index contributed by atoms with van der Waals surface area (Å²) in [6, 6.07) is 0. The van der Waals surface area contributed by atoms with E-state index in [-0.39, 0.29) is 113 Å². The molecule has 0 aromatic rings. The second-order valence-corrected chi connectivity index (χ2v) is 0. The summed E-state index contributed by atoms with van der Waals surface area (Å²) in [6.07, 6.45) is 0. The van der Waals surface area contributed by atoms with Gasteiger partial charge in [0.15, 0.2) is 0 Å². The van der Waals surface area contributed by atoms with E-state index in [2.05, 4.69) is 0 Å². The average molecular weight is 147 g/mol. The summed E-state index contributed by atoms with van der Waals surface area (Å²) < 4.78 is 0. The molecule has 0 heterocycles. The van der Waals surface area contributed by atoms with Crippen molar-refractivity contribution < 1.29 is 102 Å².